The fourth-order valence-corrected chi connectivity index (χ4v) is 3.35. The molecule has 1 amide bonds. The van der Waals surface area contributed by atoms with Gasteiger partial charge in [0.2, 0.25) is 11.8 Å². The summed E-state index contributed by atoms with van der Waals surface area (Å²) in [6, 6.07) is 19.2. The first-order valence-electron chi connectivity index (χ1n) is 9.41. The Morgan fingerprint density at radius 1 is 1.10 bits per heavy atom. The van der Waals surface area contributed by atoms with E-state index in [-0.39, 0.29) is 5.91 Å². The standard InChI is InChI=1S/C24H19N3O3/c1-14-11-17(13-25)12-21-23(14)29-24(26-21)19-9-7-18(8-10-19)20-5-4-6-22(15(20)2)30-27-16(3)28/h4-12H,1-3H3,(H,27,28). The summed E-state index contributed by atoms with van der Waals surface area (Å²) >= 11 is 0. The van der Waals surface area contributed by atoms with E-state index in [1.54, 1.807) is 18.2 Å². The second-order valence-electron chi connectivity index (χ2n) is 7.04. The molecule has 0 atom stereocenters. The summed E-state index contributed by atoms with van der Waals surface area (Å²) in [4.78, 5) is 21.0. The van der Waals surface area contributed by atoms with Crippen molar-refractivity contribution >= 4 is 17.0 Å². The number of hydrogen-bond acceptors (Lipinski definition) is 5. The van der Waals surface area contributed by atoms with E-state index in [0.717, 1.165) is 27.8 Å². The summed E-state index contributed by atoms with van der Waals surface area (Å²) in [7, 11) is 0. The minimum absolute atomic E-state index is 0.264. The molecule has 0 unspecified atom stereocenters. The van der Waals surface area contributed by atoms with Gasteiger partial charge in [0, 0.05) is 18.1 Å². The molecule has 3 aromatic carbocycles. The number of hydrogen-bond donors (Lipinski definition) is 1. The van der Waals surface area contributed by atoms with Crippen molar-refractivity contribution in [2.45, 2.75) is 20.8 Å². The number of nitriles is 1. The molecule has 148 valence electrons. The number of aromatic nitrogens is 1. The van der Waals surface area contributed by atoms with Crippen LogP contribution in [-0.4, -0.2) is 10.9 Å². The van der Waals surface area contributed by atoms with Gasteiger partial charge < -0.3 is 9.25 Å². The van der Waals surface area contributed by atoms with Crippen molar-refractivity contribution in [3.63, 3.8) is 0 Å². The number of rotatable bonds is 4. The number of benzene rings is 3. The molecule has 1 N–H and O–H groups in total. The van der Waals surface area contributed by atoms with Gasteiger partial charge >= 0.3 is 0 Å². The summed E-state index contributed by atoms with van der Waals surface area (Å²) in [5.74, 6) is 0.836. The number of fused-ring (bicyclic) bond motifs is 1. The van der Waals surface area contributed by atoms with Crippen LogP contribution >= 0.6 is 0 Å². The van der Waals surface area contributed by atoms with Crippen molar-refractivity contribution in [3.05, 3.63) is 71.3 Å². The third-order valence-corrected chi connectivity index (χ3v) is 4.84. The van der Waals surface area contributed by atoms with E-state index in [9.17, 15) is 4.79 Å². The molecule has 6 nitrogen and oxygen atoms in total. The van der Waals surface area contributed by atoms with Gasteiger partial charge in [-0.15, -0.1) is 0 Å². The number of aryl methyl sites for hydroxylation is 1. The Balaban J connectivity index is 1.66. The molecule has 1 aromatic heterocycles. The zero-order chi connectivity index (χ0) is 21.3. The molecule has 0 saturated heterocycles. The fraction of sp³-hybridized carbons (Fsp3) is 0.125. The average molecular weight is 397 g/mol. The first kappa shape index (κ1) is 19.2. The zero-order valence-electron chi connectivity index (χ0n) is 16.8. The van der Waals surface area contributed by atoms with Crippen molar-refractivity contribution in [2.75, 3.05) is 0 Å². The molecule has 30 heavy (non-hydrogen) atoms. The summed E-state index contributed by atoms with van der Waals surface area (Å²) in [6.45, 7) is 5.24. The van der Waals surface area contributed by atoms with Gasteiger partial charge in [0.25, 0.3) is 0 Å². The number of hydroxylamine groups is 1. The first-order chi connectivity index (χ1) is 14.5. The number of amides is 1. The van der Waals surface area contributed by atoms with Crippen LogP contribution < -0.4 is 10.3 Å². The molecule has 0 aliphatic heterocycles. The molecule has 0 aliphatic rings. The first-order valence-corrected chi connectivity index (χ1v) is 9.41. The van der Waals surface area contributed by atoms with Crippen LogP contribution in [0.2, 0.25) is 0 Å². The molecular formula is C24H19N3O3. The number of carbonyl (C=O) groups excluding carboxylic acids is 1. The highest BCUT2D eigenvalue weighted by molar-refractivity contribution is 5.81. The predicted molar refractivity (Wildman–Crippen MR) is 114 cm³/mol. The number of carbonyl (C=O) groups is 1. The quantitative estimate of drug-likeness (QED) is 0.485. The van der Waals surface area contributed by atoms with Gasteiger partial charge in [0.05, 0.1) is 11.6 Å². The SMILES string of the molecule is CC(=O)NOc1cccc(-c2ccc(-c3nc4cc(C#N)cc(C)c4o3)cc2)c1C. The van der Waals surface area contributed by atoms with Crippen molar-refractivity contribution < 1.29 is 14.0 Å². The van der Waals surface area contributed by atoms with Crippen LogP contribution in [0.25, 0.3) is 33.7 Å². The van der Waals surface area contributed by atoms with E-state index in [4.69, 9.17) is 14.5 Å². The zero-order valence-corrected chi connectivity index (χ0v) is 16.8. The van der Waals surface area contributed by atoms with Gasteiger partial charge in [-0.1, -0.05) is 24.3 Å². The van der Waals surface area contributed by atoms with Crippen LogP contribution in [0.3, 0.4) is 0 Å². The van der Waals surface area contributed by atoms with Gasteiger partial charge in [-0.25, -0.2) is 4.98 Å². The Morgan fingerprint density at radius 2 is 1.83 bits per heavy atom. The number of nitrogens with zero attached hydrogens (tertiary/aromatic N) is 2. The van der Waals surface area contributed by atoms with E-state index in [2.05, 4.69) is 16.5 Å². The van der Waals surface area contributed by atoms with Crippen molar-refractivity contribution in [2.24, 2.45) is 0 Å². The Hall–Kier alpha value is -4.11. The maximum atomic E-state index is 11.1. The average Bonchev–Trinajstić information content (AvgIpc) is 3.18. The molecule has 6 heteroatoms. The van der Waals surface area contributed by atoms with E-state index < -0.39 is 0 Å². The van der Waals surface area contributed by atoms with Gasteiger partial charge in [-0.2, -0.15) is 10.7 Å². The third kappa shape index (κ3) is 3.61. The minimum atomic E-state index is -0.264. The lowest BCUT2D eigenvalue weighted by Crippen LogP contribution is -2.24. The lowest BCUT2D eigenvalue weighted by molar-refractivity contribution is -0.125. The van der Waals surface area contributed by atoms with Crippen molar-refractivity contribution in [3.8, 4) is 34.4 Å². The van der Waals surface area contributed by atoms with Crippen LogP contribution in [0.5, 0.6) is 5.75 Å². The number of oxazole rings is 1. The molecule has 0 aliphatic carbocycles. The van der Waals surface area contributed by atoms with Gasteiger partial charge in [-0.05, 0) is 60.9 Å². The van der Waals surface area contributed by atoms with Crippen LogP contribution in [0.4, 0.5) is 0 Å². The Labute approximate surface area is 173 Å². The van der Waals surface area contributed by atoms with Crippen molar-refractivity contribution in [1.29, 1.82) is 5.26 Å². The highest BCUT2D eigenvalue weighted by atomic mass is 16.7. The third-order valence-electron chi connectivity index (χ3n) is 4.84. The second kappa shape index (κ2) is 7.72. The molecule has 0 radical (unpaired) electrons. The second-order valence-corrected chi connectivity index (χ2v) is 7.04. The van der Waals surface area contributed by atoms with Crippen LogP contribution in [0.15, 0.2) is 59.0 Å². The molecule has 0 spiro atoms. The van der Waals surface area contributed by atoms with Gasteiger partial charge in [0.15, 0.2) is 11.3 Å². The van der Waals surface area contributed by atoms with E-state index >= 15 is 0 Å². The fourth-order valence-electron chi connectivity index (χ4n) is 3.35. The largest absolute Gasteiger partial charge is 0.436 e. The maximum absolute atomic E-state index is 11.1. The smallest absolute Gasteiger partial charge is 0.249 e. The van der Waals surface area contributed by atoms with Crippen LogP contribution in [0.1, 0.15) is 23.6 Å². The van der Waals surface area contributed by atoms with Crippen molar-refractivity contribution in [1.82, 2.24) is 10.5 Å². The predicted octanol–water partition coefficient (Wildman–Crippen LogP) is 5.08. The van der Waals surface area contributed by atoms with Crippen LogP contribution in [-0.2, 0) is 4.79 Å². The van der Waals surface area contributed by atoms with E-state index in [1.807, 2.05) is 50.2 Å². The summed E-state index contributed by atoms with van der Waals surface area (Å²) < 4.78 is 5.95. The minimum Gasteiger partial charge on any atom is -0.436 e. The summed E-state index contributed by atoms with van der Waals surface area (Å²) in [5.41, 5.74) is 8.92. The Bertz CT molecular complexity index is 1300. The lowest BCUT2D eigenvalue weighted by atomic mass is 9.99. The summed E-state index contributed by atoms with van der Waals surface area (Å²) in [6.07, 6.45) is 0. The highest BCUT2D eigenvalue weighted by Crippen LogP contribution is 2.32. The monoisotopic (exact) mass is 397 g/mol. The Morgan fingerprint density at radius 3 is 2.53 bits per heavy atom. The molecule has 0 bridgehead atoms. The lowest BCUT2D eigenvalue weighted by Gasteiger charge is -2.12. The molecule has 4 aromatic rings. The van der Waals surface area contributed by atoms with Crippen LogP contribution in [0, 0.1) is 25.2 Å². The maximum Gasteiger partial charge on any atom is 0.249 e. The van der Waals surface area contributed by atoms with Gasteiger partial charge in [-0.3, -0.25) is 4.79 Å². The molecular weight excluding hydrogens is 378 g/mol. The summed E-state index contributed by atoms with van der Waals surface area (Å²) in [5, 5.41) is 9.15. The molecule has 4 rings (SSSR count). The molecule has 1 heterocycles. The van der Waals surface area contributed by atoms with E-state index in [1.165, 1.54) is 6.92 Å². The number of nitrogens with one attached hydrogen (secondary N) is 1. The molecule has 0 saturated carbocycles. The van der Waals surface area contributed by atoms with Gasteiger partial charge in [0.1, 0.15) is 5.52 Å². The van der Waals surface area contributed by atoms with E-state index in [0.29, 0.717) is 28.3 Å². The molecule has 0 fully saturated rings. The normalized spacial score (nSPS) is 10.6. The highest BCUT2D eigenvalue weighted by Gasteiger charge is 2.13. The topological polar surface area (TPSA) is 88.1 Å². The Kier molecular flexibility index (Phi) is 4.95.